The maximum atomic E-state index is 12.5. The van der Waals surface area contributed by atoms with Crippen molar-refractivity contribution in [3.8, 4) is 11.3 Å². The number of hydrogen-bond donors (Lipinski definition) is 0. The highest BCUT2D eigenvalue weighted by Gasteiger charge is 2.30. The summed E-state index contributed by atoms with van der Waals surface area (Å²) in [4.78, 5) is 28.4. The van der Waals surface area contributed by atoms with E-state index >= 15 is 0 Å². The molecular formula is C32H43N5O2S. The molecule has 8 heteroatoms. The molecule has 3 aliphatic rings. The quantitative estimate of drug-likeness (QED) is 0.360. The number of carbonyl (C=O) groups excluding carboxylic acids is 1. The van der Waals surface area contributed by atoms with Crippen molar-refractivity contribution in [3.63, 3.8) is 0 Å². The molecule has 1 aromatic carbocycles. The third-order valence-corrected chi connectivity index (χ3v) is 9.46. The molecule has 0 N–H and O–H groups in total. The zero-order valence-electron chi connectivity index (χ0n) is 24.5. The highest BCUT2D eigenvalue weighted by atomic mass is 32.1. The van der Waals surface area contributed by atoms with E-state index < -0.39 is 5.60 Å². The fourth-order valence-electron chi connectivity index (χ4n) is 6.41. The molecule has 0 saturated carbocycles. The maximum absolute atomic E-state index is 12.5. The SMILES string of the molecule is Cc1cc2nc(-c3ccc(N4CCN(C(=O)OC(C)(C)C)CC4)cc3)cc(N3CCCC3CN3CCCC3)c2s1. The Labute approximate surface area is 242 Å². The van der Waals surface area contributed by atoms with Crippen LogP contribution in [0.4, 0.5) is 16.2 Å². The second-order valence-corrected chi connectivity index (χ2v) is 13.9. The van der Waals surface area contributed by atoms with Crippen LogP contribution in [0.1, 0.15) is 51.3 Å². The van der Waals surface area contributed by atoms with Gasteiger partial charge in [-0.05, 0) is 90.7 Å². The van der Waals surface area contributed by atoms with Gasteiger partial charge in [0, 0.05) is 61.4 Å². The van der Waals surface area contributed by atoms with Crippen molar-refractivity contribution in [2.75, 3.05) is 62.2 Å². The van der Waals surface area contributed by atoms with Crippen LogP contribution in [0.3, 0.4) is 0 Å². The van der Waals surface area contributed by atoms with E-state index in [2.05, 4.69) is 58.0 Å². The molecule has 5 heterocycles. The van der Waals surface area contributed by atoms with E-state index in [-0.39, 0.29) is 6.09 Å². The minimum atomic E-state index is -0.466. The number of amides is 1. The first kappa shape index (κ1) is 27.3. The molecule has 3 saturated heterocycles. The Hall–Kier alpha value is -2.84. The number of nitrogens with zero attached hydrogens (tertiary/aromatic N) is 5. The molecular weight excluding hydrogens is 518 g/mol. The lowest BCUT2D eigenvalue weighted by Crippen LogP contribution is -2.50. The van der Waals surface area contributed by atoms with Crippen molar-refractivity contribution >= 4 is 39.0 Å². The average Bonchev–Trinajstić information content (AvgIpc) is 3.69. The zero-order valence-corrected chi connectivity index (χ0v) is 25.3. The number of fused-ring (bicyclic) bond motifs is 1. The first-order chi connectivity index (χ1) is 19.2. The Kier molecular flexibility index (Phi) is 7.66. The van der Waals surface area contributed by atoms with Crippen LogP contribution in [0.15, 0.2) is 36.4 Å². The van der Waals surface area contributed by atoms with Crippen LogP contribution in [0.2, 0.25) is 0 Å². The molecule has 0 aliphatic carbocycles. The minimum Gasteiger partial charge on any atom is -0.444 e. The zero-order chi connectivity index (χ0) is 27.9. The first-order valence-electron chi connectivity index (χ1n) is 15.0. The standard InChI is InChI=1S/C32H43N5O2S/c1-23-20-28-30(40-23)29(37-15-7-8-26(37)22-34-13-5-6-14-34)21-27(33-28)24-9-11-25(12-10-24)35-16-18-36(19-17-35)31(38)39-32(2,3)4/h9-12,20-21,26H,5-8,13-19,22H2,1-4H3. The predicted octanol–water partition coefficient (Wildman–Crippen LogP) is 6.39. The number of carbonyl (C=O) groups is 1. The topological polar surface area (TPSA) is 52.2 Å². The molecule has 0 spiro atoms. The molecule has 1 unspecified atom stereocenters. The summed E-state index contributed by atoms with van der Waals surface area (Å²) in [7, 11) is 0. The summed E-state index contributed by atoms with van der Waals surface area (Å²) < 4.78 is 6.89. The minimum absolute atomic E-state index is 0.218. The van der Waals surface area contributed by atoms with Crippen LogP contribution < -0.4 is 9.80 Å². The van der Waals surface area contributed by atoms with Crippen molar-refractivity contribution < 1.29 is 9.53 Å². The predicted molar refractivity (Wildman–Crippen MR) is 166 cm³/mol. The first-order valence-corrected chi connectivity index (χ1v) is 15.8. The fraction of sp³-hybridized carbons (Fsp3) is 0.562. The van der Waals surface area contributed by atoms with Gasteiger partial charge in [-0.25, -0.2) is 9.78 Å². The van der Waals surface area contributed by atoms with E-state index in [0.29, 0.717) is 19.1 Å². The molecule has 1 atom stereocenters. The van der Waals surface area contributed by atoms with Gasteiger partial charge in [0.1, 0.15) is 5.60 Å². The van der Waals surface area contributed by atoms with E-state index in [1.54, 1.807) is 0 Å². The number of pyridine rings is 1. The molecule has 3 fully saturated rings. The summed E-state index contributed by atoms with van der Waals surface area (Å²) in [5, 5.41) is 0. The van der Waals surface area contributed by atoms with E-state index in [1.165, 1.54) is 66.3 Å². The average molecular weight is 562 g/mol. The number of rotatable bonds is 5. The van der Waals surface area contributed by atoms with Crippen LogP contribution >= 0.6 is 11.3 Å². The van der Waals surface area contributed by atoms with Crippen molar-refractivity contribution in [2.45, 2.75) is 65.0 Å². The number of likely N-dealkylation sites (tertiary alicyclic amines) is 1. The maximum Gasteiger partial charge on any atom is 0.410 e. The molecule has 40 heavy (non-hydrogen) atoms. The Morgan fingerprint density at radius 3 is 2.40 bits per heavy atom. The van der Waals surface area contributed by atoms with Crippen LogP contribution in [0.5, 0.6) is 0 Å². The van der Waals surface area contributed by atoms with Crippen molar-refractivity contribution in [1.82, 2.24) is 14.8 Å². The van der Waals surface area contributed by atoms with E-state index in [9.17, 15) is 4.79 Å². The van der Waals surface area contributed by atoms with Gasteiger partial charge in [-0.2, -0.15) is 0 Å². The number of hydrogen-bond acceptors (Lipinski definition) is 7. The lowest BCUT2D eigenvalue weighted by Gasteiger charge is -2.36. The van der Waals surface area contributed by atoms with Crippen molar-refractivity contribution in [1.29, 1.82) is 0 Å². The second kappa shape index (κ2) is 11.2. The molecule has 6 rings (SSSR count). The smallest absolute Gasteiger partial charge is 0.410 e. The van der Waals surface area contributed by atoms with Crippen LogP contribution in [0, 0.1) is 6.92 Å². The third kappa shape index (κ3) is 5.93. The number of aromatic nitrogens is 1. The van der Waals surface area contributed by atoms with Crippen LogP contribution in [-0.2, 0) is 4.74 Å². The fourth-order valence-corrected chi connectivity index (χ4v) is 7.39. The Morgan fingerprint density at radius 1 is 0.975 bits per heavy atom. The van der Waals surface area contributed by atoms with Gasteiger partial charge in [0.2, 0.25) is 0 Å². The number of benzene rings is 1. The number of anilines is 2. The molecule has 1 amide bonds. The molecule has 214 valence electrons. The third-order valence-electron chi connectivity index (χ3n) is 8.40. The normalized spacial score (nSPS) is 20.6. The Morgan fingerprint density at radius 2 is 1.70 bits per heavy atom. The lowest BCUT2D eigenvalue weighted by atomic mass is 10.1. The Bertz CT molecular complexity index is 1330. The van der Waals surface area contributed by atoms with Gasteiger partial charge in [0.25, 0.3) is 0 Å². The largest absolute Gasteiger partial charge is 0.444 e. The van der Waals surface area contributed by atoms with Gasteiger partial charge >= 0.3 is 6.09 Å². The summed E-state index contributed by atoms with van der Waals surface area (Å²) in [6.45, 7) is 15.7. The molecule has 2 aromatic heterocycles. The van der Waals surface area contributed by atoms with Crippen LogP contribution in [-0.4, -0.2) is 84.9 Å². The summed E-state index contributed by atoms with van der Waals surface area (Å²) in [6, 6.07) is 14.0. The Balaban J connectivity index is 1.19. The summed E-state index contributed by atoms with van der Waals surface area (Å²) in [5.41, 5.74) is 5.40. The molecule has 7 nitrogen and oxygen atoms in total. The number of aryl methyl sites for hydroxylation is 1. The summed E-state index contributed by atoms with van der Waals surface area (Å²) in [5.74, 6) is 0. The van der Waals surface area contributed by atoms with E-state index in [0.717, 1.165) is 36.4 Å². The van der Waals surface area contributed by atoms with E-state index in [1.807, 2.05) is 37.0 Å². The van der Waals surface area contributed by atoms with Gasteiger partial charge in [0.15, 0.2) is 0 Å². The molecule has 3 aliphatic heterocycles. The van der Waals surface area contributed by atoms with Crippen molar-refractivity contribution in [2.24, 2.45) is 0 Å². The van der Waals surface area contributed by atoms with Gasteiger partial charge in [-0.3, -0.25) is 0 Å². The lowest BCUT2D eigenvalue weighted by molar-refractivity contribution is 0.0240. The van der Waals surface area contributed by atoms with Gasteiger partial charge in [0.05, 0.1) is 21.6 Å². The van der Waals surface area contributed by atoms with Crippen LogP contribution in [0.25, 0.3) is 21.5 Å². The van der Waals surface area contributed by atoms with Gasteiger partial charge in [-0.1, -0.05) is 12.1 Å². The monoisotopic (exact) mass is 561 g/mol. The summed E-state index contributed by atoms with van der Waals surface area (Å²) in [6.07, 6.45) is 5.00. The molecule has 3 aromatic rings. The number of thiophene rings is 1. The number of piperazine rings is 1. The second-order valence-electron chi connectivity index (χ2n) is 12.6. The van der Waals surface area contributed by atoms with Crippen molar-refractivity contribution in [3.05, 3.63) is 41.3 Å². The summed E-state index contributed by atoms with van der Waals surface area (Å²) >= 11 is 1.88. The molecule has 0 radical (unpaired) electrons. The molecule has 0 bridgehead atoms. The number of ether oxygens (including phenoxy) is 1. The van der Waals surface area contributed by atoms with Gasteiger partial charge in [-0.15, -0.1) is 11.3 Å². The van der Waals surface area contributed by atoms with Gasteiger partial charge < -0.3 is 24.3 Å². The highest BCUT2D eigenvalue weighted by molar-refractivity contribution is 7.19. The highest BCUT2D eigenvalue weighted by Crippen LogP contribution is 2.39. The van der Waals surface area contributed by atoms with E-state index in [4.69, 9.17) is 9.72 Å².